The summed E-state index contributed by atoms with van der Waals surface area (Å²) >= 11 is 0. The Morgan fingerprint density at radius 2 is 2.10 bits per heavy atom. The SMILES string of the molecule is CC.COC(CCn1ccc(=O)[nH]c1=O)CONC(C)=O. The minimum atomic E-state index is -0.467. The van der Waals surface area contributed by atoms with E-state index in [9.17, 15) is 14.4 Å². The van der Waals surface area contributed by atoms with Crippen molar-refractivity contribution in [1.82, 2.24) is 15.0 Å². The summed E-state index contributed by atoms with van der Waals surface area (Å²) in [7, 11) is 1.51. The van der Waals surface area contributed by atoms with Gasteiger partial charge in [0.2, 0.25) is 5.91 Å². The van der Waals surface area contributed by atoms with Gasteiger partial charge in [0.15, 0.2) is 0 Å². The maximum atomic E-state index is 11.4. The number of hydrogen-bond acceptors (Lipinski definition) is 5. The molecule has 0 saturated carbocycles. The number of carbonyl (C=O) groups excluding carboxylic acids is 1. The monoisotopic (exact) mass is 301 g/mol. The Labute approximate surface area is 123 Å². The molecule has 0 aliphatic rings. The normalized spacial score (nSPS) is 11.2. The molecule has 1 amide bonds. The molecule has 21 heavy (non-hydrogen) atoms. The lowest BCUT2D eigenvalue weighted by atomic mass is 10.2. The summed E-state index contributed by atoms with van der Waals surface area (Å²) in [5.74, 6) is -0.299. The number of H-pyrrole nitrogens is 1. The third-order valence-electron chi connectivity index (χ3n) is 2.41. The van der Waals surface area contributed by atoms with E-state index >= 15 is 0 Å². The number of carbonyl (C=O) groups is 1. The van der Waals surface area contributed by atoms with E-state index < -0.39 is 11.2 Å². The van der Waals surface area contributed by atoms with Gasteiger partial charge in [0.05, 0.1) is 6.10 Å². The zero-order valence-electron chi connectivity index (χ0n) is 12.8. The van der Waals surface area contributed by atoms with Gasteiger partial charge in [-0.2, -0.15) is 0 Å². The molecular formula is C13H23N3O5. The number of aryl methyl sites for hydroxylation is 1. The molecule has 1 rings (SSSR count). The van der Waals surface area contributed by atoms with Gasteiger partial charge in [-0.3, -0.25) is 19.4 Å². The van der Waals surface area contributed by atoms with Crippen LogP contribution in [0.25, 0.3) is 0 Å². The molecule has 120 valence electrons. The van der Waals surface area contributed by atoms with Gasteiger partial charge in [-0.25, -0.2) is 10.3 Å². The van der Waals surface area contributed by atoms with E-state index in [2.05, 4.69) is 10.5 Å². The Morgan fingerprint density at radius 1 is 1.43 bits per heavy atom. The van der Waals surface area contributed by atoms with Crippen molar-refractivity contribution in [3.63, 3.8) is 0 Å². The molecule has 1 atom stereocenters. The highest BCUT2D eigenvalue weighted by Crippen LogP contribution is 1.99. The molecule has 0 saturated heterocycles. The fourth-order valence-electron chi connectivity index (χ4n) is 1.41. The highest BCUT2D eigenvalue weighted by atomic mass is 16.7. The zero-order chi connectivity index (χ0) is 16.3. The van der Waals surface area contributed by atoms with Gasteiger partial charge in [-0.05, 0) is 6.42 Å². The second-order valence-corrected chi connectivity index (χ2v) is 3.92. The van der Waals surface area contributed by atoms with Crippen molar-refractivity contribution in [2.45, 2.75) is 39.8 Å². The second-order valence-electron chi connectivity index (χ2n) is 3.92. The van der Waals surface area contributed by atoms with Crippen LogP contribution < -0.4 is 16.7 Å². The van der Waals surface area contributed by atoms with Crippen LogP contribution in [-0.4, -0.2) is 35.3 Å². The van der Waals surface area contributed by atoms with Gasteiger partial charge in [0.1, 0.15) is 6.61 Å². The van der Waals surface area contributed by atoms with E-state index in [1.807, 2.05) is 13.8 Å². The minimum Gasteiger partial charge on any atom is -0.379 e. The molecule has 8 nitrogen and oxygen atoms in total. The third kappa shape index (κ3) is 8.05. The molecule has 1 aromatic rings. The number of ether oxygens (including phenoxy) is 1. The molecule has 8 heteroatoms. The molecule has 0 aliphatic heterocycles. The summed E-state index contributed by atoms with van der Waals surface area (Å²) in [5, 5.41) is 0. The van der Waals surface area contributed by atoms with Gasteiger partial charge in [0.25, 0.3) is 5.56 Å². The third-order valence-corrected chi connectivity index (χ3v) is 2.41. The zero-order valence-corrected chi connectivity index (χ0v) is 12.8. The Bertz CT molecular complexity index is 523. The van der Waals surface area contributed by atoms with Crippen molar-refractivity contribution in [3.8, 4) is 0 Å². The van der Waals surface area contributed by atoms with E-state index in [-0.39, 0.29) is 18.6 Å². The molecule has 0 aromatic carbocycles. The molecule has 0 aliphatic carbocycles. The fourth-order valence-corrected chi connectivity index (χ4v) is 1.41. The Morgan fingerprint density at radius 3 is 2.62 bits per heavy atom. The van der Waals surface area contributed by atoms with Gasteiger partial charge >= 0.3 is 5.69 Å². The number of methoxy groups -OCH3 is 1. The second kappa shape index (κ2) is 10.8. The predicted octanol–water partition coefficient (Wildman–Crippen LogP) is 0.0356. The number of hydroxylamine groups is 1. The maximum Gasteiger partial charge on any atom is 0.328 e. The first-order valence-electron chi connectivity index (χ1n) is 6.74. The fraction of sp³-hybridized carbons (Fsp3) is 0.615. The summed E-state index contributed by atoms with van der Waals surface area (Å²) in [5.41, 5.74) is 1.29. The molecule has 0 radical (unpaired) electrons. The lowest BCUT2D eigenvalue weighted by Gasteiger charge is -2.15. The standard InChI is InChI=1S/C11H17N3O5.C2H6/c1-8(15)13-19-7-9(18-2)3-5-14-6-4-10(16)12-11(14)17;1-2/h4,6,9H,3,5,7H2,1-2H3,(H,13,15)(H,12,16,17);1-2H3. The first-order valence-corrected chi connectivity index (χ1v) is 6.74. The number of hydrogen-bond donors (Lipinski definition) is 2. The Kier molecular flexibility index (Phi) is 9.82. The summed E-state index contributed by atoms with van der Waals surface area (Å²) < 4.78 is 6.52. The topological polar surface area (TPSA) is 102 Å². The van der Waals surface area contributed by atoms with Crippen molar-refractivity contribution in [1.29, 1.82) is 0 Å². The van der Waals surface area contributed by atoms with Crippen molar-refractivity contribution in [3.05, 3.63) is 33.1 Å². The summed E-state index contributed by atoms with van der Waals surface area (Å²) in [6.07, 6.45) is 1.65. The van der Waals surface area contributed by atoms with E-state index in [0.717, 1.165) is 0 Å². The average Bonchev–Trinajstić information content (AvgIpc) is 2.46. The quantitative estimate of drug-likeness (QED) is 0.692. The smallest absolute Gasteiger partial charge is 0.328 e. The summed E-state index contributed by atoms with van der Waals surface area (Å²) in [6, 6.07) is 1.27. The van der Waals surface area contributed by atoms with Crippen LogP contribution in [0.3, 0.4) is 0 Å². The van der Waals surface area contributed by atoms with Crippen molar-refractivity contribution >= 4 is 5.91 Å². The number of rotatable bonds is 7. The van der Waals surface area contributed by atoms with E-state index in [0.29, 0.717) is 13.0 Å². The molecule has 1 aromatic heterocycles. The van der Waals surface area contributed by atoms with Crippen LogP contribution in [0.4, 0.5) is 0 Å². The number of aromatic nitrogens is 2. The van der Waals surface area contributed by atoms with Crippen LogP contribution in [0.1, 0.15) is 27.2 Å². The Hall–Kier alpha value is -1.93. The highest BCUT2D eigenvalue weighted by Gasteiger charge is 2.09. The predicted molar refractivity (Wildman–Crippen MR) is 77.9 cm³/mol. The van der Waals surface area contributed by atoms with E-state index in [4.69, 9.17) is 9.57 Å². The number of aromatic amines is 1. The molecule has 2 N–H and O–H groups in total. The van der Waals surface area contributed by atoms with Gasteiger partial charge < -0.3 is 9.30 Å². The van der Waals surface area contributed by atoms with Crippen molar-refractivity contribution < 1.29 is 14.4 Å². The molecule has 1 unspecified atom stereocenters. The van der Waals surface area contributed by atoms with Crippen LogP contribution in [0.2, 0.25) is 0 Å². The molecule has 0 spiro atoms. The molecule has 0 bridgehead atoms. The minimum absolute atomic E-state index is 0.175. The number of amides is 1. The lowest BCUT2D eigenvalue weighted by molar-refractivity contribution is -0.134. The lowest BCUT2D eigenvalue weighted by Crippen LogP contribution is -2.32. The first kappa shape index (κ1) is 19.1. The van der Waals surface area contributed by atoms with Crippen LogP contribution >= 0.6 is 0 Å². The highest BCUT2D eigenvalue weighted by molar-refractivity contribution is 5.71. The van der Waals surface area contributed by atoms with Gasteiger partial charge in [-0.15, -0.1) is 0 Å². The van der Waals surface area contributed by atoms with Crippen LogP contribution in [0, 0.1) is 0 Å². The largest absolute Gasteiger partial charge is 0.379 e. The molecular weight excluding hydrogens is 278 g/mol. The Balaban J connectivity index is 0.00000191. The van der Waals surface area contributed by atoms with Gasteiger partial charge in [0, 0.05) is 32.8 Å². The van der Waals surface area contributed by atoms with Crippen molar-refractivity contribution in [2.24, 2.45) is 0 Å². The van der Waals surface area contributed by atoms with E-state index in [1.54, 1.807) is 0 Å². The van der Waals surface area contributed by atoms with Crippen molar-refractivity contribution in [2.75, 3.05) is 13.7 Å². The number of nitrogens with zero attached hydrogens (tertiary/aromatic N) is 1. The van der Waals surface area contributed by atoms with Crippen LogP contribution in [0.5, 0.6) is 0 Å². The maximum absolute atomic E-state index is 11.4. The summed E-state index contributed by atoms with van der Waals surface area (Å²) in [6.45, 7) is 5.88. The summed E-state index contributed by atoms with van der Waals surface area (Å²) in [4.78, 5) is 40.0. The first-order chi connectivity index (χ1) is 10.0. The van der Waals surface area contributed by atoms with Crippen LogP contribution in [-0.2, 0) is 20.9 Å². The van der Waals surface area contributed by atoms with E-state index in [1.165, 1.54) is 30.9 Å². The molecule has 1 heterocycles. The van der Waals surface area contributed by atoms with Crippen LogP contribution in [0.15, 0.2) is 21.9 Å². The van der Waals surface area contributed by atoms with Gasteiger partial charge in [-0.1, -0.05) is 13.8 Å². The number of nitrogens with one attached hydrogen (secondary N) is 2. The molecule has 0 fully saturated rings. The average molecular weight is 301 g/mol.